The standard InChI is InChI=1S/C22H25F3O5/c1-11-12-4-7-21(16(11)26)14(8-12)20-6-3-5-19(2,10-29-17(20)27)13(20)9-15(21)30-18(28)22(23,24)25/h12-15H,1,3-10H2,2H3/t12-,13?,14?,15+,19-,20-,21?/m0/s1. The highest BCUT2D eigenvalue weighted by Gasteiger charge is 2.76. The van der Waals surface area contributed by atoms with Crippen LogP contribution in [0.1, 0.15) is 51.9 Å². The smallest absolute Gasteiger partial charge is 0.465 e. The number of esters is 2. The predicted molar refractivity (Wildman–Crippen MR) is 96.8 cm³/mol. The number of hydrogen-bond acceptors (Lipinski definition) is 5. The van der Waals surface area contributed by atoms with Gasteiger partial charge in [-0.15, -0.1) is 0 Å². The zero-order chi connectivity index (χ0) is 21.7. The quantitative estimate of drug-likeness (QED) is 0.472. The summed E-state index contributed by atoms with van der Waals surface area (Å²) < 4.78 is 50.0. The Bertz CT molecular complexity index is 865. The van der Waals surface area contributed by atoms with Gasteiger partial charge in [-0.3, -0.25) is 9.59 Å². The van der Waals surface area contributed by atoms with E-state index in [1.165, 1.54) is 0 Å². The molecule has 5 nitrogen and oxygen atoms in total. The number of fused-ring (bicyclic) bond motifs is 2. The van der Waals surface area contributed by atoms with Crippen molar-refractivity contribution in [2.75, 3.05) is 6.61 Å². The van der Waals surface area contributed by atoms with Crippen molar-refractivity contribution in [1.82, 2.24) is 0 Å². The lowest BCUT2D eigenvalue weighted by atomic mass is 9.35. The molecule has 0 amide bonds. The van der Waals surface area contributed by atoms with Crippen LogP contribution in [0.25, 0.3) is 0 Å². The molecule has 8 heteroatoms. The van der Waals surface area contributed by atoms with Crippen molar-refractivity contribution in [2.45, 2.75) is 64.1 Å². The zero-order valence-electron chi connectivity index (χ0n) is 16.8. The van der Waals surface area contributed by atoms with E-state index < -0.39 is 40.4 Å². The Hall–Kier alpha value is -1.86. The summed E-state index contributed by atoms with van der Waals surface area (Å²) in [4.78, 5) is 38.6. The first-order valence-electron chi connectivity index (χ1n) is 10.7. The van der Waals surface area contributed by atoms with Gasteiger partial charge < -0.3 is 9.47 Å². The lowest BCUT2D eigenvalue weighted by molar-refractivity contribution is -0.265. The van der Waals surface area contributed by atoms with E-state index in [1.807, 2.05) is 6.92 Å². The van der Waals surface area contributed by atoms with Crippen molar-refractivity contribution in [2.24, 2.45) is 34.0 Å². The molecule has 4 bridgehead atoms. The van der Waals surface area contributed by atoms with Crippen LogP contribution >= 0.6 is 0 Å². The molecule has 5 aliphatic carbocycles. The van der Waals surface area contributed by atoms with Crippen LogP contribution in [0, 0.1) is 34.0 Å². The molecule has 0 radical (unpaired) electrons. The van der Waals surface area contributed by atoms with Gasteiger partial charge in [-0.2, -0.15) is 13.2 Å². The molecule has 1 heterocycles. The van der Waals surface area contributed by atoms with Crippen LogP contribution in [-0.2, 0) is 23.9 Å². The van der Waals surface area contributed by atoms with Crippen molar-refractivity contribution < 1.29 is 37.0 Å². The number of carbonyl (C=O) groups is 3. The van der Waals surface area contributed by atoms with Gasteiger partial charge in [-0.1, -0.05) is 19.9 Å². The van der Waals surface area contributed by atoms with Crippen molar-refractivity contribution in [3.8, 4) is 0 Å². The van der Waals surface area contributed by atoms with E-state index in [0.29, 0.717) is 31.3 Å². The monoisotopic (exact) mass is 426 g/mol. The Labute approximate surface area is 172 Å². The summed E-state index contributed by atoms with van der Waals surface area (Å²) >= 11 is 0. The number of ketones is 1. The maximum Gasteiger partial charge on any atom is 0.490 e. The molecule has 7 atom stereocenters. The second-order valence-electron chi connectivity index (χ2n) is 10.2. The van der Waals surface area contributed by atoms with Crippen molar-refractivity contribution in [1.29, 1.82) is 0 Å². The highest BCUT2D eigenvalue weighted by Crippen LogP contribution is 2.73. The van der Waals surface area contributed by atoms with Crippen LogP contribution in [0.15, 0.2) is 12.2 Å². The summed E-state index contributed by atoms with van der Waals surface area (Å²) in [5, 5.41) is 0. The molecule has 1 saturated heterocycles. The van der Waals surface area contributed by atoms with Gasteiger partial charge in [0, 0.05) is 5.41 Å². The average molecular weight is 426 g/mol. The highest BCUT2D eigenvalue weighted by molar-refractivity contribution is 6.03. The molecule has 0 aromatic carbocycles. The molecule has 5 saturated carbocycles. The predicted octanol–water partition coefficient (Wildman–Crippen LogP) is 3.76. The fraction of sp³-hybridized carbons (Fsp3) is 0.773. The fourth-order valence-corrected chi connectivity index (χ4v) is 7.84. The van der Waals surface area contributed by atoms with Gasteiger partial charge in [0.2, 0.25) is 0 Å². The summed E-state index contributed by atoms with van der Waals surface area (Å²) in [5.74, 6) is -3.77. The molecule has 1 spiro atoms. The minimum atomic E-state index is -5.14. The molecule has 30 heavy (non-hydrogen) atoms. The molecular formula is C22H25F3O5. The number of cyclic esters (lactones) is 1. The topological polar surface area (TPSA) is 69.7 Å². The minimum absolute atomic E-state index is 0.0770. The van der Waals surface area contributed by atoms with E-state index in [0.717, 1.165) is 12.8 Å². The summed E-state index contributed by atoms with van der Waals surface area (Å²) in [6.45, 7) is 6.12. The minimum Gasteiger partial charge on any atom is -0.465 e. The first-order valence-corrected chi connectivity index (χ1v) is 10.7. The van der Waals surface area contributed by atoms with Gasteiger partial charge in [0.05, 0.1) is 17.4 Å². The lowest BCUT2D eigenvalue weighted by Gasteiger charge is -2.69. The molecule has 6 rings (SSSR count). The van der Waals surface area contributed by atoms with E-state index in [-0.39, 0.29) is 36.6 Å². The number of alkyl halides is 3. The number of ether oxygens (including phenoxy) is 2. The van der Waals surface area contributed by atoms with E-state index in [2.05, 4.69) is 6.58 Å². The largest absolute Gasteiger partial charge is 0.490 e. The average Bonchev–Trinajstić information content (AvgIpc) is 2.68. The molecule has 0 aromatic heterocycles. The number of allylic oxidation sites excluding steroid dienone is 1. The number of carbonyl (C=O) groups excluding carboxylic acids is 3. The Kier molecular flexibility index (Phi) is 3.94. The molecule has 1 aliphatic heterocycles. The third-order valence-electron chi connectivity index (χ3n) is 9.10. The van der Waals surface area contributed by atoms with Crippen LogP contribution in [0.4, 0.5) is 13.2 Å². The van der Waals surface area contributed by atoms with Crippen LogP contribution in [0.5, 0.6) is 0 Å². The molecule has 6 fully saturated rings. The molecule has 6 aliphatic rings. The highest BCUT2D eigenvalue weighted by atomic mass is 19.4. The van der Waals surface area contributed by atoms with Crippen LogP contribution < -0.4 is 0 Å². The second-order valence-corrected chi connectivity index (χ2v) is 10.2. The summed E-state index contributed by atoms with van der Waals surface area (Å²) in [7, 11) is 0. The molecule has 0 aromatic rings. The van der Waals surface area contributed by atoms with Gasteiger partial charge >= 0.3 is 18.1 Å². The molecule has 0 N–H and O–H groups in total. The van der Waals surface area contributed by atoms with E-state index in [9.17, 15) is 27.6 Å². The van der Waals surface area contributed by atoms with Crippen LogP contribution in [-0.4, -0.2) is 36.6 Å². The molecular weight excluding hydrogens is 401 g/mol. The van der Waals surface area contributed by atoms with Crippen LogP contribution in [0.3, 0.4) is 0 Å². The number of hydrogen-bond donors (Lipinski definition) is 0. The van der Waals surface area contributed by atoms with E-state index in [1.54, 1.807) is 0 Å². The summed E-state index contributed by atoms with van der Waals surface area (Å²) in [5.41, 5.74) is -2.23. The van der Waals surface area contributed by atoms with Crippen molar-refractivity contribution >= 4 is 17.7 Å². The summed E-state index contributed by atoms with van der Waals surface area (Å²) in [6, 6.07) is 0. The number of halogens is 3. The zero-order valence-corrected chi connectivity index (χ0v) is 16.8. The van der Waals surface area contributed by atoms with Gasteiger partial charge in [-0.05, 0) is 61.9 Å². The van der Waals surface area contributed by atoms with Crippen molar-refractivity contribution in [3.05, 3.63) is 12.2 Å². The third kappa shape index (κ3) is 2.23. The Morgan fingerprint density at radius 2 is 1.87 bits per heavy atom. The van der Waals surface area contributed by atoms with E-state index in [4.69, 9.17) is 9.47 Å². The Morgan fingerprint density at radius 3 is 2.57 bits per heavy atom. The van der Waals surface area contributed by atoms with Crippen LogP contribution in [0.2, 0.25) is 0 Å². The van der Waals surface area contributed by atoms with Crippen molar-refractivity contribution in [3.63, 3.8) is 0 Å². The first-order chi connectivity index (χ1) is 14.0. The number of rotatable bonds is 1. The lowest BCUT2D eigenvalue weighted by Crippen LogP contribution is -2.73. The Balaban J connectivity index is 1.67. The molecule has 164 valence electrons. The number of Topliss-reactive ketones (excluding diaryl/α,β-unsaturated/α-hetero) is 1. The fourth-order valence-electron chi connectivity index (χ4n) is 7.84. The maximum absolute atomic E-state index is 13.5. The third-order valence-corrected chi connectivity index (χ3v) is 9.10. The van der Waals surface area contributed by atoms with Gasteiger partial charge in [-0.25, -0.2) is 4.79 Å². The second kappa shape index (κ2) is 5.88. The SMILES string of the molecule is C=C1C(=O)C23CC[C@H]1CC2[C@@]12CCC[C@@](C)(COC1=O)C2C[C@H]3OC(=O)C(F)(F)F. The normalized spacial score (nSPS) is 47.3. The van der Waals surface area contributed by atoms with Gasteiger partial charge in [0.15, 0.2) is 5.78 Å². The van der Waals surface area contributed by atoms with Gasteiger partial charge in [0.1, 0.15) is 6.10 Å². The van der Waals surface area contributed by atoms with Gasteiger partial charge in [0.25, 0.3) is 0 Å². The van der Waals surface area contributed by atoms with E-state index >= 15 is 0 Å². The summed E-state index contributed by atoms with van der Waals surface area (Å²) in [6.07, 6.45) is -2.69. The first kappa shape index (κ1) is 20.1. The maximum atomic E-state index is 13.5. The molecule has 3 unspecified atom stereocenters. The Morgan fingerprint density at radius 1 is 1.13 bits per heavy atom.